The Balaban J connectivity index is 0.00000211. The molecule has 4 heteroatoms. The molecule has 0 aliphatic carbocycles. The predicted molar refractivity (Wildman–Crippen MR) is 96.3 cm³/mol. The number of nitrogens with zero attached hydrogens (tertiary/aromatic N) is 3. The zero-order valence-corrected chi connectivity index (χ0v) is 16.1. The molecule has 0 saturated carbocycles. The summed E-state index contributed by atoms with van der Waals surface area (Å²) in [5.41, 5.74) is 0. The van der Waals surface area contributed by atoms with E-state index in [1.807, 2.05) is 18.7 Å². The summed E-state index contributed by atoms with van der Waals surface area (Å²) in [6, 6.07) is 0.704. The minimum Gasteiger partial charge on any atom is -0.335 e. The van der Waals surface area contributed by atoms with Crippen LogP contribution in [-0.2, 0) is 4.79 Å². The maximum absolute atomic E-state index is 11.6. The Hall–Kier alpha value is -0.610. The van der Waals surface area contributed by atoms with Crippen LogP contribution < -0.4 is 0 Å². The minimum atomic E-state index is 0.216. The third-order valence-electron chi connectivity index (χ3n) is 4.19. The van der Waals surface area contributed by atoms with Gasteiger partial charge in [-0.25, -0.2) is 0 Å². The second-order valence-corrected chi connectivity index (χ2v) is 6.60. The second kappa shape index (κ2) is 11.9. The summed E-state index contributed by atoms with van der Waals surface area (Å²) in [4.78, 5) is 18.4. The van der Waals surface area contributed by atoms with E-state index in [-0.39, 0.29) is 5.91 Å². The summed E-state index contributed by atoms with van der Waals surface area (Å²) in [5, 5.41) is 0. The highest BCUT2D eigenvalue weighted by Gasteiger charge is 2.30. The fourth-order valence-corrected chi connectivity index (χ4v) is 3.35. The fraction of sp³-hybridized carbons (Fsp3) is 0.944. The molecule has 1 heterocycles. The lowest BCUT2D eigenvalue weighted by atomic mass is 10.1. The van der Waals surface area contributed by atoms with Crippen molar-refractivity contribution in [3.8, 4) is 0 Å². The molecule has 1 saturated heterocycles. The van der Waals surface area contributed by atoms with Crippen molar-refractivity contribution in [3.63, 3.8) is 0 Å². The van der Waals surface area contributed by atoms with Crippen LogP contribution in [0.4, 0.5) is 0 Å². The highest BCUT2D eigenvalue weighted by Crippen LogP contribution is 2.16. The van der Waals surface area contributed by atoms with Gasteiger partial charge in [-0.3, -0.25) is 9.69 Å². The molecule has 0 spiro atoms. The van der Waals surface area contributed by atoms with Crippen LogP contribution in [0.15, 0.2) is 0 Å². The molecule has 1 fully saturated rings. The first-order chi connectivity index (χ1) is 10.4. The van der Waals surface area contributed by atoms with Gasteiger partial charge in [-0.15, -0.1) is 0 Å². The van der Waals surface area contributed by atoms with Crippen LogP contribution in [0.1, 0.15) is 60.3 Å². The first-order valence-corrected chi connectivity index (χ1v) is 9.07. The van der Waals surface area contributed by atoms with Gasteiger partial charge in [0.15, 0.2) is 0 Å². The minimum absolute atomic E-state index is 0.216. The van der Waals surface area contributed by atoms with E-state index < -0.39 is 0 Å². The van der Waals surface area contributed by atoms with Gasteiger partial charge in [0.1, 0.15) is 0 Å². The number of carbonyl (C=O) groups excluding carboxylic acids is 1. The molecule has 0 bridgehead atoms. The van der Waals surface area contributed by atoms with Gasteiger partial charge in [-0.1, -0.05) is 26.7 Å². The second-order valence-electron chi connectivity index (χ2n) is 6.60. The van der Waals surface area contributed by atoms with Gasteiger partial charge < -0.3 is 9.80 Å². The highest BCUT2D eigenvalue weighted by atomic mass is 16.2. The summed E-state index contributed by atoms with van der Waals surface area (Å²) in [5.74, 6) is 0.216. The molecule has 0 N–H and O–H groups in total. The lowest BCUT2D eigenvalue weighted by Crippen LogP contribution is -2.58. The molecule has 0 aromatic carbocycles. The van der Waals surface area contributed by atoms with E-state index in [0.717, 1.165) is 13.1 Å². The Bertz CT molecular complexity index is 282. The molecule has 0 aromatic rings. The maximum atomic E-state index is 11.6. The summed E-state index contributed by atoms with van der Waals surface area (Å²) in [7, 11) is 4.27. The van der Waals surface area contributed by atoms with Gasteiger partial charge in [0.25, 0.3) is 0 Å². The molecule has 0 radical (unpaired) electrons. The van der Waals surface area contributed by atoms with Crippen molar-refractivity contribution in [2.24, 2.45) is 0 Å². The first-order valence-electron chi connectivity index (χ1n) is 9.07. The van der Waals surface area contributed by atoms with Gasteiger partial charge in [0.2, 0.25) is 5.91 Å². The van der Waals surface area contributed by atoms with Gasteiger partial charge in [-0.2, -0.15) is 0 Å². The summed E-state index contributed by atoms with van der Waals surface area (Å²) >= 11 is 0. The molecule has 1 amide bonds. The van der Waals surface area contributed by atoms with E-state index >= 15 is 0 Å². The van der Waals surface area contributed by atoms with E-state index in [1.54, 1.807) is 6.92 Å². The highest BCUT2D eigenvalue weighted by molar-refractivity contribution is 5.74. The van der Waals surface area contributed by atoms with Crippen LogP contribution in [0, 0.1) is 0 Å². The number of unbranched alkanes of at least 4 members (excludes halogenated alkanes) is 3. The monoisotopic (exact) mass is 313 g/mol. The van der Waals surface area contributed by atoms with Crippen molar-refractivity contribution >= 4 is 5.91 Å². The van der Waals surface area contributed by atoms with Crippen molar-refractivity contribution in [2.45, 2.75) is 72.4 Å². The van der Waals surface area contributed by atoms with Crippen molar-refractivity contribution in [1.82, 2.24) is 14.7 Å². The third-order valence-corrected chi connectivity index (χ3v) is 4.19. The Morgan fingerprint density at radius 1 is 1.00 bits per heavy atom. The molecular weight excluding hydrogens is 274 g/mol. The fourth-order valence-electron chi connectivity index (χ4n) is 3.35. The smallest absolute Gasteiger partial charge is 0.220 e. The van der Waals surface area contributed by atoms with Crippen molar-refractivity contribution in [3.05, 3.63) is 0 Å². The molecular formula is C18H39N3O. The average molecular weight is 314 g/mol. The lowest BCUT2D eigenvalue weighted by Gasteiger charge is -2.44. The van der Waals surface area contributed by atoms with Crippen molar-refractivity contribution in [1.29, 1.82) is 0 Å². The quantitative estimate of drug-likeness (QED) is 0.676. The largest absolute Gasteiger partial charge is 0.335 e. The zero-order chi connectivity index (χ0) is 17.1. The molecule has 132 valence electrons. The van der Waals surface area contributed by atoms with Gasteiger partial charge in [-0.05, 0) is 53.9 Å². The summed E-state index contributed by atoms with van der Waals surface area (Å²) < 4.78 is 0. The van der Waals surface area contributed by atoms with Crippen molar-refractivity contribution in [2.75, 3.05) is 40.3 Å². The zero-order valence-electron chi connectivity index (χ0n) is 16.1. The average Bonchev–Trinajstić information content (AvgIpc) is 2.43. The molecule has 2 unspecified atom stereocenters. The van der Waals surface area contributed by atoms with E-state index in [1.165, 1.54) is 38.8 Å². The van der Waals surface area contributed by atoms with E-state index in [0.29, 0.717) is 12.1 Å². The van der Waals surface area contributed by atoms with E-state index in [2.05, 4.69) is 37.7 Å². The topological polar surface area (TPSA) is 26.8 Å². The Morgan fingerprint density at radius 2 is 1.50 bits per heavy atom. The van der Waals surface area contributed by atoms with Crippen LogP contribution in [0.2, 0.25) is 0 Å². The van der Waals surface area contributed by atoms with Crippen molar-refractivity contribution < 1.29 is 4.79 Å². The number of piperazine rings is 1. The standard InChI is InChI=1S/C16H33N3O.C2H6/c1-14-12-18(13-15(2)19(14)16(3)20)11-9-7-6-8-10-17(4)5;1-2/h14-15H,6-13H2,1-5H3;1-2H3. The van der Waals surface area contributed by atoms with Crippen LogP contribution >= 0.6 is 0 Å². The van der Waals surface area contributed by atoms with Gasteiger partial charge in [0.05, 0.1) is 0 Å². The van der Waals surface area contributed by atoms with Crippen LogP contribution in [0.5, 0.6) is 0 Å². The maximum Gasteiger partial charge on any atom is 0.220 e. The molecule has 1 aliphatic rings. The van der Waals surface area contributed by atoms with Gasteiger partial charge in [0, 0.05) is 32.1 Å². The van der Waals surface area contributed by atoms with Crippen LogP contribution in [0.3, 0.4) is 0 Å². The molecule has 1 rings (SSSR count). The van der Waals surface area contributed by atoms with E-state index in [4.69, 9.17) is 0 Å². The Morgan fingerprint density at radius 3 is 1.95 bits per heavy atom. The van der Waals surface area contributed by atoms with Gasteiger partial charge >= 0.3 is 0 Å². The van der Waals surface area contributed by atoms with Crippen LogP contribution in [0.25, 0.3) is 0 Å². The lowest BCUT2D eigenvalue weighted by molar-refractivity contribution is -0.136. The summed E-state index contributed by atoms with van der Waals surface area (Å²) in [6.45, 7) is 14.5. The molecule has 22 heavy (non-hydrogen) atoms. The summed E-state index contributed by atoms with van der Waals surface area (Å²) in [6.07, 6.45) is 5.24. The molecule has 1 aliphatic heterocycles. The molecule has 2 atom stereocenters. The first kappa shape index (κ1) is 21.4. The normalized spacial score (nSPS) is 22.5. The SMILES string of the molecule is CC.CC(=O)N1C(C)CN(CCCCCCN(C)C)CC1C. The third kappa shape index (κ3) is 8.14. The van der Waals surface area contributed by atoms with Crippen LogP contribution in [-0.4, -0.2) is 73.0 Å². The predicted octanol–water partition coefficient (Wildman–Crippen LogP) is 3.08. The number of rotatable bonds is 7. The number of hydrogen-bond acceptors (Lipinski definition) is 3. The molecule has 0 aromatic heterocycles. The number of carbonyl (C=O) groups is 1. The number of hydrogen-bond donors (Lipinski definition) is 0. The Labute approximate surface area is 138 Å². The van der Waals surface area contributed by atoms with E-state index in [9.17, 15) is 4.79 Å². The Kier molecular flexibility index (Phi) is 11.6. The number of amides is 1. The molecule has 4 nitrogen and oxygen atoms in total.